The Morgan fingerprint density at radius 2 is 2.13 bits per heavy atom. The van der Waals surface area contributed by atoms with Crippen LogP contribution < -0.4 is 10.6 Å². The van der Waals surface area contributed by atoms with E-state index in [9.17, 15) is 0 Å². The van der Waals surface area contributed by atoms with Gasteiger partial charge in [0.1, 0.15) is 5.82 Å². The van der Waals surface area contributed by atoms with Crippen LogP contribution in [0.5, 0.6) is 0 Å². The molecule has 0 atom stereocenters. The Balaban J connectivity index is 2.09. The molecule has 2 heterocycles. The maximum Gasteiger partial charge on any atom is 0.128 e. The van der Waals surface area contributed by atoms with Crippen molar-refractivity contribution in [1.82, 2.24) is 4.98 Å². The van der Waals surface area contributed by atoms with E-state index in [0.29, 0.717) is 6.54 Å². The van der Waals surface area contributed by atoms with Gasteiger partial charge < -0.3 is 15.4 Å². The number of ether oxygens (including phenoxy) is 1. The molecule has 2 rings (SSSR count). The summed E-state index contributed by atoms with van der Waals surface area (Å²) in [7, 11) is 0. The van der Waals surface area contributed by atoms with Crippen LogP contribution in [0.1, 0.15) is 5.69 Å². The van der Waals surface area contributed by atoms with Gasteiger partial charge >= 0.3 is 0 Å². The van der Waals surface area contributed by atoms with Crippen molar-refractivity contribution in [2.75, 3.05) is 37.7 Å². The quantitative estimate of drug-likeness (QED) is 0.780. The van der Waals surface area contributed by atoms with Gasteiger partial charge in [0.05, 0.1) is 13.2 Å². The molecule has 0 aliphatic carbocycles. The predicted molar refractivity (Wildman–Crippen MR) is 60.0 cm³/mol. The first kappa shape index (κ1) is 10.4. The number of pyridine rings is 1. The van der Waals surface area contributed by atoms with Gasteiger partial charge in [-0.25, -0.2) is 4.98 Å². The number of nitrogens with zero attached hydrogens (tertiary/aromatic N) is 2. The Morgan fingerprint density at radius 3 is 2.87 bits per heavy atom. The van der Waals surface area contributed by atoms with Crippen LogP contribution in [0.15, 0.2) is 18.2 Å². The van der Waals surface area contributed by atoms with Gasteiger partial charge in [-0.15, -0.1) is 0 Å². The van der Waals surface area contributed by atoms with Crippen LogP contribution in [-0.2, 0) is 11.2 Å². The molecule has 0 radical (unpaired) electrons. The average molecular weight is 207 g/mol. The Hall–Kier alpha value is -1.13. The lowest BCUT2D eigenvalue weighted by Gasteiger charge is -2.28. The molecule has 1 fully saturated rings. The number of hydrogen-bond donors (Lipinski definition) is 1. The van der Waals surface area contributed by atoms with Crippen LogP contribution in [0.2, 0.25) is 0 Å². The van der Waals surface area contributed by atoms with Crippen LogP contribution in [-0.4, -0.2) is 37.8 Å². The Kier molecular flexibility index (Phi) is 3.53. The number of nitrogens with two attached hydrogens (primary N) is 1. The lowest BCUT2D eigenvalue weighted by Crippen LogP contribution is -2.36. The van der Waals surface area contributed by atoms with Crippen molar-refractivity contribution in [3.05, 3.63) is 23.9 Å². The molecule has 2 N–H and O–H groups in total. The largest absolute Gasteiger partial charge is 0.378 e. The third-order valence-electron chi connectivity index (χ3n) is 2.53. The van der Waals surface area contributed by atoms with Crippen LogP contribution in [0.3, 0.4) is 0 Å². The van der Waals surface area contributed by atoms with Crippen molar-refractivity contribution in [1.29, 1.82) is 0 Å². The number of morpholine rings is 1. The molecule has 15 heavy (non-hydrogen) atoms. The molecule has 0 unspecified atom stereocenters. The minimum Gasteiger partial charge on any atom is -0.378 e. The van der Waals surface area contributed by atoms with E-state index >= 15 is 0 Å². The van der Waals surface area contributed by atoms with Crippen LogP contribution in [0, 0.1) is 0 Å². The van der Waals surface area contributed by atoms with Crippen molar-refractivity contribution in [2.45, 2.75) is 6.42 Å². The summed E-state index contributed by atoms with van der Waals surface area (Å²) in [5, 5.41) is 0. The highest BCUT2D eigenvalue weighted by molar-refractivity contribution is 5.39. The summed E-state index contributed by atoms with van der Waals surface area (Å²) >= 11 is 0. The minimum atomic E-state index is 0.652. The molecule has 1 saturated heterocycles. The maximum absolute atomic E-state index is 5.52. The number of hydrogen-bond acceptors (Lipinski definition) is 4. The summed E-state index contributed by atoms with van der Waals surface area (Å²) in [4.78, 5) is 6.83. The number of rotatable bonds is 3. The highest BCUT2D eigenvalue weighted by Crippen LogP contribution is 2.13. The van der Waals surface area contributed by atoms with Gasteiger partial charge in [-0.2, -0.15) is 0 Å². The fraction of sp³-hybridized carbons (Fsp3) is 0.545. The molecule has 1 aliphatic rings. The van der Waals surface area contributed by atoms with Crippen molar-refractivity contribution in [3.63, 3.8) is 0 Å². The fourth-order valence-corrected chi connectivity index (χ4v) is 1.72. The highest BCUT2D eigenvalue weighted by Gasteiger charge is 2.12. The smallest absolute Gasteiger partial charge is 0.128 e. The predicted octanol–water partition coefficient (Wildman–Crippen LogP) is 0.419. The second kappa shape index (κ2) is 5.09. The van der Waals surface area contributed by atoms with Crippen molar-refractivity contribution >= 4 is 5.82 Å². The maximum atomic E-state index is 5.52. The van der Waals surface area contributed by atoms with Gasteiger partial charge in [0.25, 0.3) is 0 Å². The zero-order valence-electron chi connectivity index (χ0n) is 8.85. The Labute approximate surface area is 90.0 Å². The van der Waals surface area contributed by atoms with E-state index in [1.54, 1.807) is 0 Å². The van der Waals surface area contributed by atoms with E-state index in [4.69, 9.17) is 10.5 Å². The summed E-state index contributed by atoms with van der Waals surface area (Å²) in [5.74, 6) is 1.05. The first-order valence-electron chi connectivity index (χ1n) is 5.39. The third-order valence-corrected chi connectivity index (χ3v) is 2.53. The van der Waals surface area contributed by atoms with Crippen LogP contribution in [0.4, 0.5) is 5.82 Å². The Bertz CT molecular complexity index is 310. The normalized spacial score (nSPS) is 16.7. The number of aromatic nitrogens is 1. The van der Waals surface area contributed by atoms with E-state index in [1.165, 1.54) is 0 Å². The molecule has 4 heteroatoms. The zero-order valence-corrected chi connectivity index (χ0v) is 8.85. The van der Waals surface area contributed by atoms with E-state index in [2.05, 4.69) is 9.88 Å². The highest BCUT2D eigenvalue weighted by atomic mass is 16.5. The molecule has 0 aromatic carbocycles. The van der Waals surface area contributed by atoms with E-state index in [-0.39, 0.29) is 0 Å². The van der Waals surface area contributed by atoms with Crippen molar-refractivity contribution in [2.24, 2.45) is 5.73 Å². The molecule has 0 bridgehead atoms. The van der Waals surface area contributed by atoms with E-state index in [1.807, 2.05) is 18.2 Å². The second-order valence-corrected chi connectivity index (χ2v) is 3.63. The first-order valence-corrected chi connectivity index (χ1v) is 5.39. The zero-order chi connectivity index (χ0) is 10.5. The molecule has 1 aromatic heterocycles. The van der Waals surface area contributed by atoms with E-state index < -0.39 is 0 Å². The lowest BCUT2D eigenvalue weighted by molar-refractivity contribution is 0.122. The van der Waals surface area contributed by atoms with Gasteiger partial charge in [0.15, 0.2) is 0 Å². The molecular weight excluding hydrogens is 190 g/mol. The molecule has 82 valence electrons. The lowest BCUT2D eigenvalue weighted by atomic mass is 10.2. The molecule has 4 nitrogen and oxygen atoms in total. The number of anilines is 1. The van der Waals surface area contributed by atoms with Gasteiger partial charge in [-0.3, -0.25) is 0 Å². The Morgan fingerprint density at radius 1 is 1.33 bits per heavy atom. The molecule has 0 amide bonds. The SMILES string of the molecule is NCCc1cccc(N2CCOCC2)n1. The summed E-state index contributed by atoms with van der Waals surface area (Å²) in [6.07, 6.45) is 0.845. The topological polar surface area (TPSA) is 51.4 Å². The molecule has 0 saturated carbocycles. The first-order chi connectivity index (χ1) is 7.40. The summed E-state index contributed by atoms with van der Waals surface area (Å²) in [6, 6.07) is 6.12. The molecule has 1 aliphatic heterocycles. The fourth-order valence-electron chi connectivity index (χ4n) is 1.72. The van der Waals surface area contributed by atoms with Gasteiger partial charge in [-0.1, -0.05) is 6.07 Å². The van der Waals surface area contributed by atoms with Gasteiger partial charge in [-0.05, 0) is 18.7 Å². The minimum absolute atomic E-state index is 0.652. The second-order valence-electron chi connectivity index (χ2n) is 3.63. The molecular formula is C11H17N3O. The average Bonchev–Trinajstić information content (AvgIpc) is 2.31. The van der Waals surface area contributed by atoms with Crippen molar-refractivity contribution in [3.8, 4) is 0 Å². The van der Waals surface area contributed by atoms with Crippen molar-refractivity contribution < 1.29 is 4.74 Å². The van der Waals surface area contributed by atoms with Gasteiger partial charge in [0.2, 0.25) is 0 Å². The molecule has 1 aromatic rings. The van der Waals surface area contributed by atoms with Crippen LogP contribution >= 0.6 is 0 Å². The van der Waals surface area contributed by atoms with Gasteiger partial charge in [0, 0.05) is 25.2 Å². The summed E-state index contributed by atoms with van der Waals surface area (Å²) in [5.41, 5.74) is 6.59. The monoisotopic (exact) mass is 207 g/mol. The third kappa shape index (κ3) is 2.67. The molecule has 0 spiro atoms. The summed E-state index contributed by atoms with van der Waals surface area (Å²) in [6.45, 7) is 4.10. The van der Waals surface area contributed by atoms with E-state index in [0.717, 1.165) is 44.2 Å². The standard InChI is InChI=1S/C11H17N3O/c12-5-4-10-2-1-3-11(13-10)14-6-8-15-9-7-14/h1-3H,4-9,12H2. The summed E-state index contributed by atoms with van der Waals surface area (Å²) < 4.78 is 5.31. The van der Waals surface area contributed by atoms with Crippen LogP contribution in [0.25, 0.3) is 0 Å².